The molecule has 1 heterocycles. The summed E-state index contributed by atoms with van der Waals surface area (Å²) in [5.41, 5.74) is 1.70. The number of carbonyl (C=O) groups excluding carboxylic acids is 3. The van der Waals surface area contributed by atoms with E-state index < -0.39 is 10.0 Å². The number of amides is 2. The number of nitrogens with zero attached hydrogens (tertiary/aromatic N) is 1. The van der Waals surface area contributed by atoms with Gasteiger partial charge in [-0.05, 0) is 73.8 Å². The summed E-state index contributed by atoms with van der Waals surface area (Å²) in [6.45, 7) is 0.325. The van der Waals surface area contributed by atoms with E-state index in [1.807, 2.05) is 0 Å². The van der Waals surface area contributed by atoms with Crippen molar-refractivity contribution in [2.24, 2.45) is 17.0 Å². The van der Waals surface area contributed by atoms with E-state index in [2.05, 4.69) is 10.6 Å². The van der Waals surface area contributed by atoms with Crippen LogP contribution < -0.4 is 20.7 Å². The molecule has 0 spiro atoms. The zero-order valence-corrected chi connectivity index (χ0v) is 21.8. The van der Waals surface area contributed by atoms with E-state index in [-0.39, 0.29) is 45.7 Å². The molecule has 2 amide bonds. The van der Waals surface area contributed by atoms with Gasteiger partial charge >= 0.3 is 5.97 Å². The second-order valence-electron chi connectivity index (χ2n) is 9.11. The Morgan fingerprint density at radius 3 is 2.59 bits per heavy atom. The normalized spacial score (nSPS) is 21.6. The number of thiocarbonyl (C=S) groups is 1. The van der Waals surface area contributed by atoms with E-state index in [0.717, 1.165) is 5.56 Å². The van der Waals surface area contributed by atoms with Crippen LogP contribution in [-0.2, 0) is 30.8 Å². The molecule has 1 aliphatic carbocycles. The summed E-state index contributed by atoms with van der Waals surface area (Å²) in [6.07, 6.45) is 2.07. The van der Waals surface area contributed by atoms with Crippen molar-refractivity contribution >= 4 is 50.8 Å². The van der Waals surface area contributed by atoms with Gasteiger partial charge in [0.15, 0.2) is 5.11 Å². The van der Waals surface area contributed by atoms with Gasteiger partial charge in [0.1, 0.15) is 0 Å². The second kappa shape index (κ2) is 11.0. The number of anilines is 1. The lowest BCUT2D eigenvalue weighted by atomic mass is 9.76. The Morgan fingerprint density at radius 2 is 1.92 bits per heavy atom. The fourth-order valence-electron chi connectivity index (χ4n) is 4.79. The molecule has 3 atom stereocenters. The molecule has 2 fully saturated rings. The lowest BCUT2D eigenvalue weighted by Gasteiger charge is -2.43. The number of esters is 1. The molecular weight excluding hydrogens is 516 g/mol. The first kappa shape index (κ1) is 26.7. The molecule has 0 aromatic heterocycles. The highest BCUT2D eigenvalue weighted by molar-refractivity contribution is 7.89. The van der Waals surface area contributed by atoms with Crippen LogP contribution in [-0.4, -0.2) is 51.0 Å². The summed E-state index contributed by atoms with van der Waals surface area (Å²) in [4.78, 5) is 39.5. The zero-order valence-electron chi connectivity index (χ0n) is 20.2. The Morgan fingerprint density at radius 1 is 1.19 bits per heavy atom. The number of nitrogens with two attached hydrogens (primary N) is 1. The van der Waals surface area contributed by atoms with Crippen molar-refractivity contribution in [3.05, 3.63) is 59.7 Å². The van der Waals surface area contributed by atoms with Crippen LogP contribution in [0.1, 0.15) is 35.2 Å². The largest absolute Gasteiger partial charge is 0.469 e. The summed E-state index contributed by atoms with van der Waals surface area (Å²) < 4.78 is 27.6. The van der Waals surface area contributed by atoms with Gasteiger partial charge in [0.05, 0.1) is 29.5 Å². The smallest absolute Gasteiger partial charge is 0.308 e. The van der Waals surface area contributed by atoms with Crippen LogP contribution >= 0.6 is 12.2 Å². The summed E-state index contributed by atoms with van der Waals surface area (Å²) in [6, 6.07) is 12.6. The number of methoxy groups -OCH3 is 1. The van der Waals surface area contributed by atoms with E-state index in [1.165, 1.54) is 24.1 Å². The number of hydrogen-bond donors (Lipinski definition) is 3. The summed E-state index contributed by atoms with van der Waals surface area (Å²) in [7, 11) is -2.40. The molecule has 10 nitrogen and oxygen atoms in total. The molecule has 2 aromatic rings. The number of sulfonamides is 1. The molecule has 3 unspecified atom stereocenters. The summed E-state index contributed by atoms with van der Waals surface area (Å²) in [5, 5.41) is 11.4. The third-order valence-electron chi connectivity index (χ3n) is 6.75. The van der Waals surface area contributed by atoms with Crippen molar-refractivity contribution in [1.82, 2.24) is 10.6 Å². The highest BCUT2D eigenvalue weighted by atomic mass is 32.2. The monoisotopic (exact) mass is 544 g/mol. The highest BCUT2D eigenvalue weighted by Gasteiger charge is 2.44. The second-order valence-corrected chi connectivity index (χ2v) is 11.1. The van der Waals surface area contributed by atoms with Gasteiger partial charge in [-0.25, -0.2) is 13.6 Å². The fourth-order valence-corrected chi connectivity index (χ4v) is 5.66. The van der Waals surface area contributed by atoms with Crippen LogP contribution in [0, 0.1) is 11.8 Å². The van der Waals surface area contributed by atoms with Crippen LogP contribution in [0.15, 0.2) is 53.4 Å². The predicted octanol–water partition coefficient (Wildman–Crippen LogP) is 1.49. The van der Waals surface area contributed by atoms with E-state index in [4.69, 9.17) is 22.1 Å². The molecule has 0 bridgehead atoms. The quantitative estimate of drug-likeness (QED) is 0.351. The predicted molar refractivity (Wildman–Crippen MR) is 140 cm³/mol. The standard InChI is InChI=1S/C25H28N4O6S2/c1-35-24(32)17-7-10-20-21(14-17)28-25(36)29(23(20)31)18-4-2-3-16(13-18)22(30)27-12-11-15-5-8-19(9-6-15)37(26,33)34/h2-6,8-9,13,17,20-21H,7,10-12,14H2,1H3,(H,27,30)(H,28,36)(H2,26,33,34). The number of ether oxygens (including phenoxy) is 1. The van der Waals surface area contributed by atoms with Crippen LogP contribution in [0.3, 0.4) is 0 Å². The highest BCUT2D eigenvalue weighted by Crippen LogP contribution is 2.35. The Bertz CT molecular complexity index is 1330. The molecule has 0 radical (unpaired) electrons. The maximum Gasteiger partial charge on any atom is 0.308 e. The number of primary sulfonamides is 1. The van der Waals surface area contributed by atoms with Gasteiger partial charge in [0.2, 0.25) is 15.9 Å². The fraction of sp³-hybridized carbons (Fsp3) is 0.360. The van der Waals surface area contributed by atoms with Crippen LogP contribution in [0.25, 0.3) is 0 Å². The van der Waals surface area contributed by atoms with Gasteiger partial charge in [0.25, 0.3) is 5.91 Å². The number of rotatable bonds is 7. The van der Waals surface area contributed by atoms with Crippen LogP contribution in [0.4, 0.5) is 5.69 Å². The average Bonchev–Trinajstić information content (AvgIpc) is 2.87. The molecule has 1 saturated carbocycles. The lowest BCUT2D eigenvalue weighted by Crippen LogP contribution is -2.62. The van der Waals surface area contributed by atoms with Crippen molar-refractivity contribution in [2.45, 2.75) is 36.6 Å². The van der Waals surface area contributed by atoms with E-state index in [0.29, 0.717) is 43.5 Å². The van der Waals surface area contributed by atoms with Crippen molar-refractivity contribution in [1.29, 1.82) is 0 Å². The zero-order chi connectivity index (χ0) is 26.7. The third kappa shape index (κ3) is 5.97. The Hall–Kier alpha value is -3.35. The first-order valence-electron chi connectivity index (χ1n) is 11.8. The minimum absolute atomic E-state index is 0.0274. The molecule has 12 heteroatoms. The van der Waals surface area contributed by atoms with Crippen LogP contribution in [0.5, 0.6) is 0 Å². The Kier molecular flexibility index (Phi) is 7.90. The molecule has 2 aliphatic rings. The molecular formula is C25H28N4O6S2. The van der Waals surface area contributed by atoms with Crippen LogP contribution in [0.2, 0.25) is 0 Å². The van der Waals surface area contributed by atoms with Crippen molar-refractivity contribution in [3.63, 3.8) is 0 Å². The van der Waals surface area contributed by atoms with Gasteiger partial charge < -0.3 is 15.4 Å². The number of hydrogen-bond acceptors (Lipinski definition) is 7. The third-order valence-corrected chi connectivity index (χ3v) is 7.98. The first-order valence-corrected chi connectivity index (χ1v) is 13.8. The topological polar surface area (TPSA) is 148 Å². The summed E-state index contributed by atoms with van der Waals surface area (Å²) >= 11 is 5.48. The minimum Gasteiger partial charge on any atom is -0.469 e. The SMILES string of the molecule is COC(=O)C1CCC2C(=O)N(c3cccc(C(=O)NCCc4ccc(S(N)(=O)=O)cc4)c3)C(=S)NC2C1. The van der Waals surface area contributed by atoms with Gasteiger partial charge in [-0.15, -0.1) is 0 Å². The van der Waals surface area contributed by atoms with E-state index >= 15 is 0 Å². The maximum atomic E-state index is 13.3. The van der Waals surface area contributed by atoms with Crippen molar-refractivity contribution in [2.75, 3.05) is 18.6 Å². The Balaban J connectivity index is 1.39. The average molecular weight is 545 g/mol. The van der Waals surface area contributed by atoms with Gasteiger partial charge in [-0.3, -0.25) is 19.3 Å². The number of carbonyl (C=O) groups is 3. The number of nitrogens with one attached hydrogen (secondary N) is 2. The molecule has 2 aromatic carbocycles. The number of fused-ring (bicyclic) bond motifs is 1. The summed E-state index contributed by atoms with van der Waals surface area (Å²) in [5.74, 6) is -1.34. The molecule has 4 rings (SSSR count). The molecule has 1 aliphatic heterocycles. The van der Waals surface area contributed by atoms with Gasteiger partial charge in [0, 0.05) is 18.2 Å². The first-order chi connectivity index (χ1) is 17.6. The molecule has 196 valence electrons. The van der Waals surface area contributed by atoms with Crippen molar-refractivity contribution in [3.8, 4) is 0 Å². The van der Waals surface area contributed by atoms with E-state index in [9.17, 15) is 22.8 Å². The van der Waals surface area contributed by atoms with Gasteiger partial charge in [-0.2, -0.15) is 0 Å². The maximum absolute atomic E-state index is 13.3. The van der Waals surface area contributed by atoms with Gasteiger partial charge in [-0.1, -0.05) is 18.2 Å². The molecule has 37 heavy (non-hydrogen) atoms. The lowest BCUT2D eigenvalue weighted by molar-refractivity contribution is -0.148. The Labute approximate surface area is 220 Å². The van der Waals surface area contributed by atoms with E-state index in [1.54, 1.807) is 36.4 Å². The number of benzene rings is 2. The minimum atomic E-state index is -3.75. The molecule has 4 N–H and O–H groups in total. The van der Waals surface area contributed by atoms with Crippen molar-refractivity contribution < 1.29 is 27.5 Å². The molecule has 1 saturated heterocycles.